The summed E-state index contributed by atoms with van der Waals surface area (Å²) < 4.78 is 87.7. The van der Waals surface area contributed by atoms with Crippen molar-refractivity contribution < 1.29 is 55.7 Å². The number of esters is 1. The molecule has 1 aliphatic rings. The lowest BCUT2D eigenvalue weighted by Gasteiger charge is -2.21. The lowest BCUT2D eigenvalue weighted by atomic mass is 9.93. The number of carbonyl (C=O) groups is 3. The summed E-state index contributed by atoms with van der Waals surface area (Å²) in [5.74, 6) is -5.04. The van der Waals surface area contributed by atoms with Crippen molar-refractivity contribution in [2.75, 3.05) is 26.1 Å². The van der Waals surface area contributed by atoms with E-state index in [0.717, 1.165) is 12.1 Å². The number of hydrogen-bond acceptors (Lipinski definition) is 8. The molecule has 2 amide bonds. The van der Waals surface area contributed by atoms with Gasteiger partial charge < -0.3 is 34.5 Å². The van der Waals surface area contributed by atoms with E-state index in [0.29, 0.717) is 23.4 Å². The summed E-state index contributed by atoms with van der Waals surface area (Å²) in [6, 6.07) is 9.12. The van der Waals surface area contributed by atoms with E-state index < -0.39 is 58.6 Å². The monoisotopic (exact) mass is 744 g/mol. The third-order valence-corrected chi connectivity index (χ3v) is 8.53. The molecule has 0 bridgehead atoms. The van der Waals surface area contributed by atoms with Crippen LogP contribution in [-0.2, 0) is 17.5 Å². The van der Waals surface area contributed by atoms with Crippen LogP contribution < -0.4 is 20.1 Å². The highest BCUT2D eigenvalue weighted by atomic mass is 35.5. The molecule has 2 heterocycles. The minimum atomic E-state index is -5.03. The van der Waals surface area contributed by atoms with Crippen molar-refractivity contribution >= 4 is 46.1 Å². The van der Waals surface area contributed by atoms with Gasteiger partial charge in [0.25, 0.3) is 11.8 Å². The zero-order valence-corrected chi connectivity index (χ0v) is 28.0. The van der Waals surface area contributed by atoms with E-state index in [2.05, 4.69) is 15.6 Å². The molecule has 0 fully saturated rings. The molecule has 0 saturated carbocycles. The second kappa shape index (κ2) is 13.8. The number of alkyl halides is 3. The molecular formula is C35H26ClF5N4O7. The summed E-state index contributed by atoms with van der Waals surface area (Å²) >= 11 is 6.62. The maximum absolute atomic E-state index is 15.0. The van der Waals surface area contributed by atoms with Gasteiger partial charge in [-0.25, -0.2) is 18.6 Å². The molecule has 4 aromatic carbocycles. The van der Waals surface area contributed by atoms with Crippen LogP contribution in [0.25, 0.3) is 22.2 Å². The zero-order valence-electron chi connectivity index (χ0n) is 27.2. The molecule has 6 rings (SSSR count). The Bertz CT molecular complexity index is 2290. The van der Waals surface area contributed by atoms with Crippen LogP contribution in [0.15, 0.2) is 54.6 Å². The SMILES string of the molecule is CCOC(=O)c1nc2c3c(c(NC(=O)c4cc(F)cc(C(F)(F)F)c4)c(-c4cc(F)ccc4Cl)c2n1Cc1ccc(OC)cc1OC)C(O)NC3=O. The number of aliphatic hydroxyl groups excluding tert-OH is 1. The first-order chi connectivity index (χ1) is 24.7. The van der Waals surface area contributed by atoms with Gasteiger partial charge in [-0.1, -0.05) is 11.6 Å². The van der Waals surface area contributed by atoms with E-state index in [1.165, 1.54) is 24.9 Å². The van der Waals surface area contributed by atoms with Gasteiger partial charge in [-0.15, -0.1) is 0 Å². The summed E-state index contributed by atoms with van der Waals surface area (Å²) in [5, 5.41) is 15.7. The molecule has 0 radical (unpaired) electrons. The quantitative estimate of drug-likeness (QED) is 0.110. The van der Waals surface area contributed by atoms with E-state index in [9.17, 15) is 37.1 Å². The summed E-state index contributed by atoms with van der Waals surface area (Å²) in [7, 11) is 2.83. The molecular weight excluding hydrogens is 719 g/mol. The van der Waals surface area contributed by atoms with E-state index in [1.54, 1.807) is 25.1 Å². The molecule has 1 aromatic heterocycles. The fraction of sp³-hybridized carbons (Fsp3) is 0.200. The smallest absolute Gasteiger partial charge is 0.416 e. The van der Waals surface area contributed by atoms with Crippen molar-refractivity contribution in [3.63, 3.8) is 0 Å². The first-order valence-corrected chi connectivity index (χ1v) is 15.7. The predicted octanol–water partition coefficient (Wildman–Crippen LogP) is 6.88. The number of fused-ring (bicyclic) bond motifs is 3. The van der Waals surface area contributed by atoms with E-state index in [1.807, 2.05) is 0 Å². The van der Waals surface area contributed by atoms with Gasteiger partial charge in [0, 0.05) is 38.9 Å². The van der Waals surface area contributed by atoms with Crippen molar-refractivity contribution in [3.05, 3.63) is 105 Å². The average Bonchev–Trinajstić information content (AvgIpc) is 3.61. The number of rotatable bonds is 9. The third kappa shape index (κ3) is 6.46. The number of carbonyl (C=O) groups excluding carboxylic acids is 3. The number of aromatic nitrogens is 2. The number of hydrogen-bond donors (Lipinski definition) is 3. The van der Waals surface area contributed by atoms with Crippen LogP contribution in [0.2, 0.25) is 5.02 Å². The van der Waals surface area contributed by atoms with Crippen LogP contribution in [0.3, 0.4) is 0 Å². The van der Waals surface area contributed by atoms with Crippen LogP contribution in [0.1, 0.15) is 61.2 Å². The minimum absolute atomic E-state index is 0.0946. The summed E-state index contributed by atoms with van der Waals surface area (Å²) in [6.45, 7) is 1.21. The molecule has 270 valence electrons. The number of aliphatic hydroxyl groups is 1. The first kappa shape index (κ1) is 36.1. The number of imidazole rings is 1. The second-order valence-electron chi connectivity index (χ2n) is 11.3. The van der Waals surface area contributed by atoms with E-state index in [-0.39, 0.29) is 69.1 Å². The molecule has 11 nitrogen and oxygen atoms in total. The van der Waals surface area contributed by atoms with E-state index in [4.69, 9.17) is 25.8 Å². The molecule has 0 aliphatic carbocycles. The van der Waals surface area contributed by atoms with Gasteiger partial charge in [0.05, 0.1) is 49.7 Å². The standard InChI is InChI=1S/C35H26ClF5N4O7/c1-4-52-34(49)30-42-28-26-25(32(47)44-33(26)48)27(43-31(46)16-9-17(35(39,40)41)11-19(38)10-16)24(21-12-18(37)6-8-22(21)36)29(28)45(30)14-15-5-7-20(50-2)13-23(15)51-3/h5-13,32,47H,4,14H2,1-3H3,(H,43,46)(H,44,48). The summed E-state index contributed by atoms with van der Waals surface area (Å²) in [6.07, 6.45) is -6.88. The van der Waals surface area contributed by atoms with E-state index >= 15 is 4.39 Å². The Morgan fingerprint density at radius 3 is 2.44 bits per heavy atom. The van der Waals surface area contributed by atoms with Crippen molar-refractivity contribution in [1.82, 2.24) is 14.9 Å². The Hall–Kier alpha value is -5.74. The number of nitrogens with one attached hydrogen (secondary N) is 2. The van der Waals surface area contributed by atoms with Crippen molar-refractivity contribution in [2.45, 2.75) is 25.9 Å². The van der Waals surface area contributed by atoms with Crippen LogP contribution in [0, 0.1) is 11.6 Å². The predicted molar refractivity (Wildman–Crippen MR) is 177 cm³/mol. The average molecular weight is 745 g/mol. The lowest BCUT2D eigenvalue weighted by molar-refractivity contribution is -0.137. The van der Waals surface area contributed by atoms with Crippen LogP contribution in [-0.4, -0.2) is 53.3 Å². The fourth-order valence-corrected chi connectivity index (χ4v) is 6.18. The van der Waals surface area contributed by atoms with Crippen molar-refractivity contribution in [2.24, 2.45) is 0 Å². The Kier molecular flexibility index (Phi) is 9.55. The van der Waals surface area contributed by atoms with Gasteiger partial charge in [0.1, 0.15) is 28.7 Å². The molecule has 3 N–H and O–H groups in total. The highest BCUT2D eigenvalue weighted by molar-refractivity contribution is 6.34. The molecule has 1 atom stereocenters. The maximum atomic E-state index is 15.0. The van der Waals surface area contributed by atoms with Crippen LogP contribution in [0.4, 0.5) is 27.6 Å². The minimum Gasteiger partial charge on any atom is -0.497 e. The maximum Gasteiger partial charge on any atom is 0.416 e. The molecule has 0 spiro atoms. The van der Waals surface area contributed by atoms with Crippen molar-refractivity contribution in [3.8, 4) is 22.6 Å². The topological polar surface area (TPSA) is 141 Å². The normalized spacial score (nSPS) is 13.9. The second-order valence-corrected chi connectivity index (χ2v) is 11.7. The highest BCUT2D eigenvalue weighted by Crippen LogP contribution is 2.48. The number of methoxy groups -OCH3 is 2. The molecule has 5 aromatic rings. The number of nitrogens with zero attached hydrogens (tertiary/aromatic N) is 2. The van der Waals surface area contributed by atoms with Crippen LogP contribution in [0.5, 0.6) is 11.5 Å². The summed E-state index contributed by atoms with van der Waals surface area (Å²) in [4.78, 5) is 45.2. The van der Waals surface area contributed by atoms with Gasteiger partial charge >= 0.3 is 12.1 Å². The number of halogens is 6. The molecule has 17 heteroatoms. The van der Waals surface area contributed by atoms with Gasteiger partial charge in [-0.2, -0.15) is 13.2 Å². The zero-order chi connectivity index (χ0) is 37.6. The molecule has 0 saturated heterocycles. The third-order valence-electron chi connectivity index (χ3n) is 8.20. The largest absolute Gasteiger partial charge is 0.497 e. The summed E-state index contributed by atoms with van der Waals surface area (Å²) in [5.41, 5.74) is -3.59. The Labute approximate surface area is 295 Å². The number of benzene rings is 4. The van der Waals surface area contributed by atoms with Gasteiger partial charge in [0.2, 0.25) is 5.82 Å². The molecule has 1 unspecified atom stereocenters. The van der Waals surface area contributed by atoms with Gasteiger partial charge in [-0.3, -0.25) is 9.59 Å². The number of ether oxygens (including phenoxy) is 3. The molecule has 1 aliphatic heterocycles. The van der Waals surface area contributed by atoms with Gasteiger partial charge in [-0.05, 0) is 55.5 Å². The van der Waals surface area contributed by atoms with Gasteiger partial charge in [0.15, 0.2) is 6.23 Å². The lowest BCUT2D eigenvalue weighted by Crippen LogP contribution is -2.20. The molecule has 52 heavy (non-hydrogen) atoms. The fourth-order valence-electron chi connectivity index (χ4n) is 5.97. The number of anilines is 1. The van der Waals surface area contributed by atoms with Crippen molar-refractivity contribution in [1.29, 1.82) is 0 Å². The first-order valence-electron chi connectivity index (χ1n) is 15.3. The Morgan fingerprint density at radius 2 is 1.77 bits per heavy atom. The Morgan fingerprint density at radius 1 is 1.02 bits per heavy atom. The Balaban J connectivity index is 1.74. The number of amides is 2. The highest BCUT2D eigenvalue weighted by Gasteiger charge is 2.40. The van der Waals surface area contributed by atoms with Crippen LogP contribution >= 0.6 is 11.6 Å².